The van der Waals surface area contributed by atoms with Crippen LogP contribution in [0, 0.1) is 12.7 Å². The van der Waals surface area contributed by atoms with Crippen LogP contribution in [-0.2, 0) is 10.0 Å². The predicted octanol–water partition coefficient (Wildman–Crippen LogP) is 2.54. The molecule has 0 heterocycles. The molecule has 6 heteroatoms. The molecule has 2 N–H and O–H groups in total. The van der Waals surface area contributed by atoms with Gasteiger partial charge in [-0.25, -0.2) is 17.5 Å². The van der Waals surface area contributed by atoms with Crippen LogP contribution in [0.2, 0.25) is 0 Å². The maximum Gasteiger partial charge on any atom is 0.240 e. The van der Waals surface area contributed by atoms with Crippen molar-refractivity contribution in [1.82, 2.24) is 4.72 Å². The van der Waals surface area contributed by atoms with Crippen molar-refractivity contribution in [2.24, 2.45) is 0 Å². The number of halogens is 1. The van der Waals surface area contributed by atoms with E-state index in [1.54, 1.807) is 12.1 Å². The average Bonchev–Trinajstić information content (AvgIpc) is 2.47. The lowest BCUT2D eigenvalue weighted by Gasteiger charge is -2.12. The summed E-state index contributed by atoms with van der Waals surface area (Å²) in [6.45, 7) is 1.91. The number of hydrogen-bond donors (Lipinski definition) is 2. The van der Waals surface area contributed by atoms with Crippen LogP contribution in [0.5, 0.6) is 0 Å². The first-order chi connectivity index (χ1) is 10.4. The van der Waals surface area contributed by atoms with Crippen LogP contribution in [0.4, 0.5) is 4.39 Å². The lowest BCUT2D eigenvalue weighted by atomic mass is 10.1. The molecule has 0 bridgehead atoms. The molecule has 1 atom stereocenters. The van der Waals surface area contributed by atoms with E-state index < -0.39 is 16.1 Å². The van der Waals surface area contributed by atoms with Gasteiger partial charge >= 0.3 is 0 Å². The summed E-state index contributed by atoms with van der Waals surface area (Å²) in [6, 6.07) is 12.1. The van der Waals surface area contributed by atoms with E-state index in [4.69, 9.17) is 0 Å². The molecule has 0 spiro atoms. The molecular formula is C16H18FNO3S. The highest BCUT2D eigenvalue weighted by molar-refractivity contribution is 7.89. The van der Waals surface area contributed by atoms with Crippen LogP contribution in [0.3, 0.4) is 0 Å². The minimum Gasteiger partial charge on any atom is -0.388 e. The van der Waals surface area contributed by atoms with Crippen molar-refractivity contribution in [3.8, 4) is 0 Å². The van der Waals surface area contributed by atoms with Crippen molar-refractivity contribution < 1.29 is 17.9 Å². The molecule has 2 rings (SSSR count). The molecule has 1 unspecified atom stereocenters. The second-order valence-electron chi connectivity index (χ2n) is 5.07. The SMILES string of the molecule is Cc1cccc(S(=O)(=O)NCCC(O)c2ccc(F)cc2)c1. The van der Waals surface area contributed by atoms with Gasteiger partial charge in [0.2, 0.25) is 10.0 Å². The van der Waals surface area contributed by atoms with Gasteiger partial charge in [0.1, 0.15) is 5.82 Å². The van der Waals surface area contributed by atoms with E-state index in [1.165, 1.54) is 30.3 Å². The van der Waals surface area contributed by atoms with Gasteiger partial charge in [0, 0.05) is 6.54 Å². The van der Waals surface area contributed by atoms with E-state index in [-0.39, 0.29) is 23.7 Å². The highest BCUT2D eigenvalue weighted by atomic mass is 32.2. The molecule has 0 aliphatic rings. The predicted molar refractivity (Wildman–Crippen MR) is 82.3 cm³/mol. The molecule has 2 aromatic carbocycles. The fourth-order valence-electron chi connectivity index (χ4n) is 2.05. The van der Waals surface area contributed by atoms with Crippen LogP contribution < -0.4 is 4.72 Å². The Labute approximate surface area is 129 Å². The zero-order valence-corrected chi connectivity index (χ0v) is 13.0. The van der Waals surface area contributed by atoms with Crippen molar-refractivity contribution in [3.63, 3.8) is 0 Å². The van der Waals surface area contributed by atoms with Crippen molar-refractivity contribution in [2.75, 3.05) is 6.54 Å². The molecule has 2 aromatic rings. The van der Waals surface area contributed by atoms with Crippen LogP contribution >= 0.6 is 0 Å². The molecule has 0 saturated heterocycles. The minimum atomic E-state index is -3.59. The zero-order valence-electron chi connectivity index (χ0n) is 12.2. The van der Waals surface area contributed by atoms with Gasteiger partial charge in [0.25, 0.3) is 0 Å². The van der Waals surface area contributed by atoms with Gasteiger partial charge in [-0.3, -0.25) is 0 Å². The Balaban J connectivity index is 1.94. The zero-order chi connectivity index (χ0) is 16.2. The lowest BCUT2D eigenvalue weighted by molar-refractivity contribution is 0.169. The summed E-state index contributed by atoms with van der Waals surface area (Å²) in [5.41, 5.74) is 1.41. The Hall–Kier alpha value is -1.76. The van der Waals surface area contributed by atoms with Gasteiger partial charge in [-0.15, -0.1) is 0 Å². The molecule has 0 amide bonds. The first-order valence-corrected chi connectivity index (χ1v) is 8.37. The Bertz CT molecular complexity index is 729. The van der Waals surface area contributed by atoms with E-state index in [2.05, 4.69) is 4.72 Å². The summed E-state index contributed by atoms with van der Waals surface area (Å²) in [5, 5.41) is 9.97. The van der Waals surface area contributed by atoms with E-state index in [0.717, 1.165) is 5.56 Å². The van der Waals surface area contributed by atoms with Gasteiger partial charge in [-0.1, -0.05) is 24.3 Å². The number of aliphatic hydroxyl groups is 1. The third kappa shape index (κ3) is 4.37. The number of benzene rings is 2. The number of aliphatic hydroxyl groups excluding tert-OH is 1. The quantitative estimate of drug-likeness (QED) is 0.858. The Morgan fingerprint density at radius 2 is 1.86 bits per heavy atom. The first kappa shape index (κ1) is 16.6. The van der Waals surface area contributed by atoms with E-state index in [9.17, 15) is 17.9 Å². The Kier molecular flexibility index (Phi) is 5.28. The number of aryl methyl sites for hydroxylation is 1. The fraction of sp³-hybridized carbons (Fsp3) is 0.250. The molecule has 0 radical (unpaired) electrons. The van der Waals surface area contributed by atoms with Crippen molar-refractivity contribution in [1.29, 1.82) is 0 Å². The summed E-state index contributed by atoms with van der Waals surface area (Å²) in [7, 11) is -3.59. The average molecular weight is 323 g/mol. The largest absolute Gasteiger partial charge is 0.388 e. The molecular weight excluding hydrogens is 305 g/mol. The van der Waals surface area contributed by atoms with E-state index in [1.807, 2.05) is 13.0 Å². The van der Waals surface area contributed by atoms with Gasteiger partial charge < -0.3 is 5.11 Å². The molecule has 118 valence electrons. The Morgan fingerprint density at radius 3 is 2.50 bits per heavy atom. The summed E-state index contributed by atoms with van der Waals surface area (Å²) in [5.74, 6) is -0.379. The first-order valence-electron chi connectivity index (χ1n) is 6.88. The maximum atomic E-state index is 12.8. The molecule has 22 heavy (non-hydrogen) atoms. The van der Waals surface area contributed by atoms with Crippen LogP contribution in [0.1, 0.15) is 23.7 Å². The normalized spacial score (nSPS) is 13.0. The maximum absolute atomic E-state index is 12.8. The molecule has 0 aliphatic carbocycles. The van der Waals surface area contributed by atoms with Crippen LogP contribution in [0.25, 0.3) is 0 Å². The van der Waals surface area contributed by atoms with Gasteiger partial charge in [0.15, 0.2) is 0 Å². The van der Waals surface area contributed by atoms with Gasteiger partial charge in [0.05, 0.1) is 11.0 Å². The minimum absolute atomic E-state index is 0.0921. The van der Waals surface area contributed by atoms with Gasteiger partial charge in [-0.2, -0.15) is 0 Å². The highest BCUT2D eigenvalue weighted by Crippen LogP contribution is 2.17. The molecule has 0 saturated carbocycles. The number of nitrogens with one attached hydrogen (secondary N) is 1. The molecule has 4 nitrogen and oxygen atoms in total. The number of sulfonamides is 1. The molecule has 0 aromatic heterocycles. The Morgan fingerprint density at radius 1 is 1.18 bits per heavy atom. The fourth-order valence-corrected chi connectivity index (χ4v) is 3.20. The third-order valence-electron chi connectivity index (χ3n) is 3.26. The number of rotatable bonds is 6. The molecule has 0 fully saturated rings. The molecule has 0 aliphatic heterocycles. The van der Waals surface area contributed by atoms with Crippen molar-refractivity contribution in [2.45, 2.75) is 24.3 Å². The van der Waals surface area contributed by atoms with Crippen LogP contribution in [0.15, 0.2) is 53.4 Å². The smallest absolute Gasteiger partial charge is 0.240 e. The summed E-state index contributed by atoms with van der Waals surface area (Å²) in [6.07, 6.45) is -0.641. The second kappa shape index (κ2) is 7.00. The topological polar surface area (TPSA) is 66.4 Å². The summed E-state index contributed by atoms with van der Waals surface area (Å²) in [4.78, 5) is 0.198. The van der Waals surface area contributed by atoms with Crippen molar-refractivity contribution >= 4 is 10.0 Å². The van der Waals surface area contributed by atoms with Crippen molar-refractivity contribution in [3.05, 3.63) is 65.5 Å². The van der Waals surface area contributed by atoms with E-state index >= 15 is 0 Å². The lowest BCUT2D eigenvalue weighted by Crippen LogP contribution is -2.26. The van der Waals surface area contributed by atoms with Gasteiger partial charge in [-0.05, 0) is 48.7 Å². The highest BCUT2D eigenvalue weighted by Gasteiger charge is 2.15. The number of hydrogen-bond acceptors (Lipinski definition) is 3. The summed E-state index contributed by atoms with van der Waals surface area (Å²) >= 11 is 0. The third-order valence-corrected chi connectivity index (χ3v) is 4.72. The monoisotopic (exact) mass is 323 g/mol. The summed E-state index contributed by atoms with van der Waals surface area (Å²) < 4.78 is 39.5. The standard InChI is InChI=1S/C16H18FNO3S/c1-12-3-2-4-15(11-12)22(20,21)18-10-9-16(19)13-5-7-14(17)8-6-13/h2-8,11,16,18-19H,9-10H2,1H3. The van der Waals surface area contributed by atoms with Crippen LogP contribution in [-0.4, -0.2) is 20.1 Å². The second-order valence-corrected chi connectivity index (χ2v) is 6.84. The van der Waals surface area contributed by atoms with E-state index in [0.29, 0.717) is 5.56 Å².